The van der Waals surface area contributed by atoms with Gasteiger partial charge in [0, 0.05) is 23.7 Å². The summed E-state index contributed by atoms with van der Waals surface area (Å²) in [5.41, 5.74) is 3.40. The molecule has 0 bridgehead atoms. The van der Waals surface area contributed by atoms with Crippen LogP contribution in [0.15, 0.2) is 18.2 Å². The maximum atomic E-state index is 12.4. The van der Waals surface area contributed by atoms with Crippen molar-refractivity contribution in [3.8, 4) is 0 Å². The Morgan fingerprint density at radius 2 is 2.00 bits per heavy atom. The Kier molecular flexibility index (Phi) is 2.85. The van der Waals surface area contributed by atoms with Crippen molar-refractivity contribution >= 4 is 11.5 Å². The van der Waals surface area contributed by atoms with Gasteiger partial charge < -0.3 is 10.6 Å². The zero-order valence-corrected chi connectivity index (χ0v) is 9.96. The molecule has 2 N–H and O–H groups in total. The van der Waals surface area contributed by atoms with E-state index in [4.69, 9.17) is 0 Å². The van der Waals surface area contributed by atoms with Crippen LogP contribution in [0.2, 0.25) is 0 Å². The van der Waals surface area contributed by atoms with Crippen molar-refractivity contribution in [3.63, 3.8) is 0 Å². The molecular weight excluding hydrogens is 212 g/mol. The number of ketones is 1. The Hall–Kier alpha value is -1.35. The molecule has 1 aromatic carbocycles. The minimum atomic E-state index is 0.226. The van der Waals surface area contributed by atoms with E-state index in [0.717, 1.165) is 44.5 Å². The highest BCUT2D eigenvalue weighted by Gasteiger charge is 2.23. The van der Waals surface area contributed by atoms with Gasteiger partial charge in [-0.15, -0.1) is 0 Å². The Morgan fingerprint density at radius 3 is 2.82 bits per heavy atom. The van der Waals surface area contributed by atoms with Gasteiger partial charge in [0.15, 0.2) is 5.78 Å². The average molecular weight is 230 g/mol. The highest BCUT2D eigenvalue weighted by Crippen LogP contribution is 2.25. The van der Waals surface area contributed by atoms with E-state index >= 15 is 0 Å². The van der Waals surface area contributed by atoms with Gasteiger partial charge in [0.05, 0.1) is 0 Å². The lowest BCUT2D eigenvalue weighted by Gasteiger charge is -2.21. The number of hydrogen-bond donors (Lipinski definition) is 2. The van der Waals surface area contributed by atoms with Crippen molar-refractivity contribution in [2.75, 3.05) is 25.0 Å². The normalized spacial score (nSPS) is 19.8. The molecule has 3 heteroatoms. The fourth-order valence-electron chi connectivity index (χ4n) is 2.78. The number of carbonyl (C=O) groups excluding carboxylic acids is 1. The predicted molar refractivity (Wildman–Crippen MR) is 68.6 cm³/mol. The summed E-state index contributed by atoms with van der Waals surface area (Å²) < 4.78 is 0. The molecule has 1 aromatic rings. The van der Waals surface area contributed by atoms with Crippen LogP contribution in [-0.4, -0.2) is 25.4 Å². The molecule has 2 aliphatic rings. The number of hydrogen-bond acceptors (Lipinski definition) is 3. The van der Waals surface area contributed by atoms with E-state index in [1.54, 1.807) is 0 Å². The van der Waals surface area contributed by atoms with Crippen molar-refractivity contribution < 1.29 is 4.79 Å². The fourth-order valence-corrected chi connectivity index (χ4v) is 2.78. The van der Waals surface area contributed by atoms with E-state index in [2.05, 4.69) is 22.8 Å². The highest BCUT2D eigenvalue weighted by molar-refractivity contribution is 5.98. The number of anilines is 1. The molecule has 0 spiro atoms. The first kappa shape index (κ1) is 10.8. The van der Waals surface area contributed by atoms with E-state index in [9.17, 15) is 4.79 Å². The lowest BCUT2D eigenvalue weighted by molar-refractivity contribution is 0.0895. The molecule has 0 aliphatic carbocycles. The zero-order chi connectivity index (χ0) is 11.7. The average Bonchev–Trinajstić information content (AvgIpc) is 2.86. The van der Waals surface area contributed by atoms with Gasteiger partial charge in [0.2, 0.25) is 0 Å². The van der Waals surface area contributed by atoms with Crippen molar-refractivity contribution in [2.24, 2.45) is 5.92 Å². The molecule has 1 fully saturated rings. The highest BCUT2D eigenvalue weighted by atomic mass is 16.1. The van der Waals surface area contributed by atoms with Crippen molar-refractivity contribution in [1.29, 1.82) is 0 Å². The number of nitrogens with one attached hydrogen (secondary N) is 2. The van der Waals surface area contributed by atoms with Crippen molar-refractivity contribution in [1.82, 2.24) is 5.32 Å². The maximum absolute atomic E-state index is 12.4. The first-order chi connectivity index (χ1) is 8.34. The summed E-state index contributed by atoms with van der Waals surface area (Å²) in [4.78, 5) is 12.4. The molecule has 0 radical (unpaired) electrons. The second-order valence-corrected chi connectivity index (χ2v) is 4.94. The van der Waals surface area contributed by atoms with Crippen LogP contribution < -0.4 is 10.6 Å². The molecule has 2 aliphatic heterocycles. The number of carbonyl (C=O) groups is 1. The van der Waals surface area contributed by atoms with E-state index in [1.807, 2.05) is 6.07 Å². The SMILES string of the molecule is O=C(c1ccc2c(c1)CCN2)C1CCNCC1. The number of benzene rings is 1. The third kappa shape index (κ3) is 2.07. The minimum Gasteiger partial charge on any atom is -0.384 e. The van der Waals surface area contributed by atoms with Crippen molar-refractivity contribution in [2.45, 2.75) is 19.3 Å². The lowest BCUT2D eigenvalue weighted by atomic mass is 9.89. The molecule has 0 unspecified atom stereocenters. The zero-order valence-electron chi connectivity index (χ0n) is 9.96. The first-order valence-corrected chi connectivity index (χ1v) is 6.46. The van der Waals surface area contributed by atoms with Gasteiger partial charge in [-0.25, -0.2) is 0 Å². The van der Waals surface area contributed by atoms with Gasteiger partial charge in [0.25, 0.3) is 0 Å². The molecule has 2 heterocycles. The number of fused-ring (bicyclic) bond motifs is 1. The molecule has 0 amide bonds. The van der Waals surface area contributed by atoms with Gasteiger partial charge in [-0.1, -0.05) is 0 Å². The largest absolute Gasteiger partial charge is 0.384 e. The molecule has 3 rings (SSSR count). The smallest absolute Gasteiger partial charge is 0.166 e. The van der Waals surface area contributed by atoms with Crippen LogP contribution in [-0.2, 0) is 6.42 Å². The fraction of sp³-hybridized carbons (Fsp3) is 0.500. The van der Waals surface area contributed by atoms with Crippen LogP contribution in [0.3, 0.4) is 0 Å². The molecule has 1 saturated heterocycles. The molecule has 90 valence electrons. The van der Waals surface area contributed by atoms with E-state index in [1.165, 1.54) is 11.3 Å². The molecule has 3 nitrogen and oxygen atoms in total. The predicted octanol–water partition coefficient (Wildman–Crippen LogP) is 1.84. The molecule has 0 atom stereocenters. The Labute approximate surface area is 102 Å². The van der Waals surface area contributed by atoms with Crippen LogP contribution in [0.25, 0.3) is 0 Å². The van der Waals surface area contributed by atoms with E-state index < -0.39 is 0 Å². The first-order valence-electron chi connectivity index (χ1n) is 6.46. The Bertz CT molecular complexity index is 436. The van der Waals surface area contributed by atoms with Crippen LogP contribution in [0.5, 0.6) is 0 Å². The minimum absolute atomic E-state index is 0.226. The topological polar surface area (TPSA) is 41.1 Å². The summed E-state index contributed by atoms with van der Waals surface area (Å²) in [5.74, 6) is 0.560. The lowest BCUT2D eigenvalue weighted by Crippen LogP contribution is -2.31. The summed E-state index contributed by atoms with van der Waals surface area (Å²) in [7, 11) is 0. The monoisotopic (exact) mass is 230 g/mol. The number of Topliss-reactive ketones (excluding diaryl/α,β-unsaturated/α-hetero) is 1. The van der Waals surface area contributed by atoms with E-state index in [0.29, 0.717) is 5.78 Å². The van der Waals surface area contributed by atoms with E-state index in [-0.39, 0.29) is 5.92 Å². The van der Waals surface area contributed by atoms with Gasteiger partial charge in [-0.2, -0.15) is 0 Å². The quantitative estimate of drug-likeness (QED) is 0.762. The number of piperidine rings is 1. The number of rotatable bonds is 2. The van der Waals surface area contributed by atoms with Gasteiger partial charge in [-0.05, 0) is 56.1 Å². The summed E-state index contributed by atoms with van der Waals surface area (Å²) in [5, 5.41) is 6.62. The Morgan fingerprint density at radius 1 is 1.18 bits per heavy atom. The van der Waals surface area contributed by atoms with Crippen molar-refractivity contribution in [3.05, 3.63) is 29.3 Å². The van der Waals surface area contributed by atoms with Crippen LogP contribution in [0.1, 0.15) is 28.8 Å². The summed E-state index contributed by atoms with van der Waals surface area (Å²) in [6.07, 6.45) is 3.00. The van der Waals surface area contributed by atoms with Crippen LogP contribution >= 0.6 is 0 Å². The van der Waals surface area contributed by atoms with Crippen LogP contribution in [0.4, 0.5) is 5.69 Å². The summed E-state index contributed by atoms with van der Waals surface area (Å²) >= 11 is 0. The third-order valence-electron chi connectivity index (χ3n) is 3.81. The van der Waals surface area contributed by atoms with Gasteiger partial charge in [0.1, 0.15) is 0 Å². The van der Waals surface area contributed by atoms with Gasteiger partial charge in [-0.3, -0.25) is 4.79 Å². The molecular formula is C14H18N2O. The molecule has 0 saturated carbocycles. The second kappa shape index (κ2) is 4.49. The molecule has 0 aromatic heterocycles. The second-order valence-electron chi connectivity index (χ2n) is 4.94. The third-order valence-corrected chi connectivity index (χ3v) is 3.81. The Balaban J connectivity index is 1.81. The van der Waals surface area contributed by atoms with Crippen LogP contribution in [0, 0.1) is 5.92 Å². The summed E-state index contributed by atoms with van der Waals surface area (Å²) in [6.45, 7) is 2.95. The van der Waals surface area contributed by atoms with Gasteiger partial charge >= 0.3 is 0 Å². The molecule has 17 heavy (non-hydrogen) atoms. The summed E-state index contributed by atoms with van der Waals surface area (Å²) in [6, 6.07) is 6.11. The maximum Gasteiger partial charge on any atom is 0.166 e. The standard InChI is InChI=1S/C14H18N2O/c17-14(10-3-6-15-7-4-10)12-1-2-13-11(9-12)5-8-16-13/h1-2,9-10,15-16H,3-8H2.